The summed E-state index contributed by atoms with van der Waals surface area (Å²) in [4.78, 5) is 0. The van der Waals surface area contributed by atoms with Gasteiger partial charge < -0.3 is 10.5 Å². The first-order valence-corrected chi connectivity index (χ1v) is 6.34. The van der Waals surface area contributed by atoms with Crippen molar-refractivity contribution in [1.29, 1.82) is 0 Å². The number of hydrogen-bond donors (Lipinski definition) is 1. The SMILES string of the molecule is CCC(N)C(OCCC(F)(F)F)c1ccsc1. The Bertz CT molecular complexity index is 313. The van der Waals surface area contributed by atoms with Crippen LogP contribution in [0.25, 0.3) is 0 Å². The van der Waals surface area contributed by atoms with Gasteiger partial charge in [0.1, 0.15) is 0 Å². The fourth-order valence-corrected chi connectivity index (χ4v) is 2.10. The zero-order chi connectivity index (χ0) is 12.9. The molecule has 0 aliphatic carbocycles. The van der Waals surface area contributed by atoms with Gasteiger partial charge in [0.05, 0.1) is 19.1 Å². The lowest BCUT2D eigenvalue weighted by molar-refractivity contribution is -0.150. The summed E-state index contributed by atoms with van der Waals surface area (Å²) >= 11 is 1.48. The number of hydrogen-bond acceptors (Lipinski definition) is 3. The van der Waals surface area contributed by atoms with Crippen LogP contribution in [-0.2, 0) is 4.74 Å². The molecular weight excluding hydrogens is 251 g/mol. The van der Waals surface area contributed by atoms with E-state index in [4.69, 9.17) is 10.5 Å². The Kier molecular flexibility index (Phi) is 5.42. The van der Waals surface area contributed by atoms with Crippen molar-refractivity contribution in [2.45, 2.75) is 38.1 Å². The van der Waals surface area contributed by atoms with Gasteiger partial charge in [-0.3, -0.25) is 0 Å². The second-order valence-corrected chi connectivity index (χ2v) is 4.57. The van der Waals surface area contributed by atoms with Crippen LogP contribution in [0.15, 0.2) is 16.8 Å². The van der Waals surface area contributed by atoms with Crippen LogP contribution in [0.2, 0.25) is 0 Å². The van der Waals surface area contributed by atoms with Crippen molar-refractivity contribution in [3.8, 4) is 0 Å². The van der Waals surface area contributed by atoms with Crippen molar-refractivity contribution in [1.82, 2.24) is 0 Å². The quantitative estimate of drug-likeness (QED) is 0.856. The predicted molar refractivity (Wildman–Crippen MR) is 62.0 cm³/mol. The molecule has 0 aromatic carbocycles. The number of nitrogens with two attached hydrogens (primary N) is 1. The van der Waals surface area contributed by atoms with E-state index in [9.17, 15) is 13.2 Å². The number of rotatable bonds is 6. The molecule has 2 atom stereocenters. The maximum atomic E-state index is 12.0. The van der Waals surface area contributed by atoms with Gasteiger partial charge in [-0.25, -0.2) is 0 Å². The summed E-state index contributed by atoms with van der Waals surface area (Å²) in [7, 11) is 0. The zero-order valence-electron chi connectivity index (χ0n) is 9.54. The molecule has 6 heteroatoms. The van der Waals surface area contributed by atoms with Gasteiger partial charge in [0.2, 0.25) is 0 Å². The third kappa shape index (κ3) is 5.06. The van der Waals surface area contributed by atoms with Crippen molar-refractivity contribution < 1.29 is 17.9 Å². The van der Waals surface area contributed by atoms with E-state index in [1.807, 2.05) is 23.8 Å². The van der Waals surface area contributed by atoms with E-state index in [0.717, 1.165) is 5.56 Å². The summed E-state index contributed by atoms with van der Waals surface area (Å²) in [6, 6.07) is 1.55. The molecule has 0 radical (unpaired) electrons. The maximum Gasteiger partial charge on any atom is 0.391 e. The van der Waals surface area contributed by atoms with Gasteiger partial charge in [0.15, 0.2) is 0 Å². The normalized spacial score (nSPS) is 15.8. The van der Waals surface area contributed by atoms with Crippen molar-refractivity contribution >= 4 is 11.3 Å². The summed E-state index contributed by atoms with van der Waals surface area (Å²) < 4.78 is 41.3. The third-order valence-electron chi connectivity index (χ3n) is 2.41. The average molecular weight is 267 g/mol. The molecule has 0 aliphatic heterocycles. The number of halogens is 3. The minimum absolute atomic E-state index is 0.280. The van der Waals surface area contributed by atoms with Crippen molar-refractivity contribution in [2.75, 3.05) is 6.61 Å². The van der Waals surface area contributed by atoms with Gasteiger partial charge in [-0.2, -0.15) is 24.5 Å². The Morgan fingerprint density at radius 1 is 1.47 bits per heavy atom. The van der Waals surface area contributed by atoms with Crippen LogP contribution in [-0.4, -0.2) is 18.8 Å². The lowest BCUT2D eigenvalue weighted by Gasteiger charge is -2.23. The fourth-order valence-electron chi connectivity index (χ4n) is 1.42. The van der Waals surface area contributed by atoms with Crippen LogP contribution >= 0.6 is 11.3 Å². The molecule has 2 unspecified atom stereocenters. The molecule has 0 bridgehead atoms. The van der Waals surface area contributed by atoms with E-state index in [1.165, 1.54) is 11.3 Å². The second kappa shape index (κ2) is 6.37. The molecule has 0 fully saturated rings. The van der Waals surface area contributed by atoms with Gasteiger partial charge in [-0.05, 0) is 28.8 Å². The predicted octanol–water partition coefficient (Wildman–Crippen LogP) is 3.50. The lowest BCUT2D eigenvalue weighted by Crippen LogP contribution is -2.30. The van der Waals surface area contributed by atoms with Crippen LogP contribution in [0, 0.1) is 0 Å². The van der Waals surface area contributed by atoms with Gasteiger partial charge >= 0.3 is 6.18 Å². The molecule has 2 N–H and O–H groups in total. The van der Waals surface area contributed by atoms with Gasteiger partial charge in [0.25, 0.3) is 0 Å². The maximum absolute atomic E-state index is 12.0. The van der Waals surface area contributed by atoms with Crippen LogP contribution in [0.5, 0.6) is 0 Å². The molecule has 0 aliphatic rings. The van der Waals surface area contributed by atoms with Crippen molar-refractivity contribution in [2.24, 2.45) is 5.73 Å². The highest BCUT2D eigenvalue weighted by Gasteiger charge is 2.28. The van der Waals surface area contributed by atoms with E-state index >= 15 is 0 Å². The Labute approximate surface area is 103 Å². The minimum atomic E-state index is -4.19. The molecule has 1 aromatic rings. The summed E-state index contributed by atoms with van der Waals surface area (Å²) in [5.41, 5.74) is 6.71. The van der Waals surface area contributed by atoms with Gasteiger partial charge in [-0.15, -0.1) is 0 Å². The molecule has 17 heavy (non-hydrogen) atoms. The summed E-state index contributed by atoms with van der Waals surface area (Å²) in [5.74, 6) is 0. The van der Waals surface area contributed by atoms with Crippen LogP contribution in [0.4, 0.5) is 13.2 Å². The number of alkyl halides is 3. The fraction of sp³-hybridized carbons (Fsp3) is 0.636. The summed E-state index contributed by atoms with van der Waals surface area (Å²) in [6.07, 6.45) is -4.92. The molecule has 0 saturated carbocycles. The lowest BCUT2D eigenvalue weighted by atomic mass is 10.0. The first-order chi connectivity index (χ1) is 7.94. The largest absolute Gasteiger partial charge is 0.391 e. The van der Waals surface area contributed by atoms with Gasteiger partial charge in [-0.1, -0.05) is 6.92 Å². The molecule has 1 heterocycles. The Hall–Kier alpha value is -0.590. The first-order valence-electron chi connectivity index (χ1n) is 5.40. The molecule has 1 aromatic heterocycles. The highest BCUT2D eigenvalue weighted by Crippen LogP contribution is 2.26. The number of thiophene rings is 1. The van der Waals surface area contributed by atoms with E-state index in [-0.39, 0.29) is 12.6 Å². The Morgan fingerprint density at radius 2 is 2.18 bits per heavy atom. The Morgan fingerprint density at radius 3 is 2.65 bits per heavy atom. The van der Waals surface area contributed by atoms with Crippen LogP contribution in [0.3, 0.4) is 0 Å². The van der Waals surface area contributed by atoms with E-state index < -0.39 is 18.7 Å². The zero-order valence-corrected chi connectivity index (χ0v) is 10.4. The van der Waals surface area contributed by atoms with Crippen LogP contribution < -0.4 is 5.73 Å². The minimum Gasteiger partial charge on any atom is -0.372 e. The highest BCUT2D eigenvalue weighted by molar-refractivity contribution is 7.07. The molecule has 0 spiro atoms. The van der Waals surface area contributed by atoms with E-state index in [2.05, 4.69) is 0 Å². The highest BCUT2D eigenvalue weighted by atomic mass is 32.1. The van der Waals surface area contributed by atoms with E-state index in [1.54, 1.807) is 0 Å². The van der Waals surface area contributed by atoms with Crippen molar-refractivity contribution in [3.05, 3.63) is 22.4 Å². The summed E-state index contributed by atoms with van der Waals surface area (Å²) in [5, 5.41) is 3.71. The average Bonchev–Trinajstić information content (AvgIpc) is 2.75. The molecule has 0 amide bonds. The topological polar surface area (TPSA) is 35.2 Å². The number of ether oxygens (including phenoxy) is 1. The molecule has 0 saturated heterocycles. The summed E-state index contributed by atoms with van der Waals surface area (Å²) in [6.45, 7) is 1.54. The van der Waals surface area contributed by atoms with Crippen molar-refractivity contribution in [3.63, 3.8) is 0 Å². The van der Waals surface area contributed by atoms with Crippen LogP contribution in [0.1, 0.15) is 31.4 Å². The first kappa shape index (κ1) is 14.5. The second-order valence-electron chi connectivity index (χ2n) is 3.79. The molecule has 1 rings (SSSR count). The molecular formula is C11H16F3NOS. The smallest absolute Gasteiger partial charge is 0.372 e. The molecule has 98 valence electrons. The monoisotopic (exact) mass is 267 g/mol. The molecule has 2 nitrogen and oxygen atoms in total. The standard InChI is InChI=1S/C11H16F3NOS/c1-2-9(15)10(8-3-6-17-7-8)16-5-4-11(12,13)14/h3,6-7,9-10H,2,4-5,15H2,1H3. The van der Waals surface area contributed by atoms with E-state index in [0.29, 0.717) is 6.42 Å². The Balaban J connectivity index is 2.54. The third-order valence-corrected chi connectivity index (χ3v) is 3.12. The van der Waals surface area contributed by atoms with Gasteiger partial charge in [0, 0.05) is 6.04 Å².